The van der Waals surface area contributed by atoms with Gasteiger partial charge in [-0.25, -0.2) is 8.78 Å². The third kappa shape index (κ3) is 4.05. The number of aliphatic hydroxyl groups is 1. The van der Waals surface area contributed by atoms with Crippen molar-refractivity contribution < 1.29 is 23.5 Å². The van der Waals surface area contributed by atoms with E-state index in [9.17, 15) is 23.5 Å². The Morgan fingerprint density at radius 1 is 1.12 bits per heavy atom. The van der Waals surface area contributed by atoms with Crippen LogP contribution < -0.4 is 0 Å². The second-order valence-corrected chi connectivity index (χ2v) is 6.22. The van der Waals surface area contributed by atoms with E-state index in [1.54, 1.807) is 0 Å². The monoisotopic (exact) mass is 360 g/mol. The second kappa shape index (κ2) is 7.61. The summed E-state index contributed by atoms with van der Waals surface area (Å²) in [5.74, 6) is -2.89. The Labute approximate surface area is 149 Å². The molecule has 1 aliphatic rings. The summed E-state index contributed by atoms with van der Waals surface area (Å²) in [5, 5.41) is 10.2. The number of amides is 2. The molecule has 0 saturated carbocycles. The highest BCUT2D eigenvalue weighted by Crippen LogP contribution is 2.16. The fourth-order valence-corrected chi connectivity index (χ4v) is 2.94. The van der Waals surface area contributed by atoms with Gasteiger partial charge < -0.3 is 14.9 Å². The number of β-amino-alcohol motifs (C(OH)–C–C–N with tert-alkyl or cyclic N) is 1. The summed E-state index contributed by atoms with van der Waals surface area (Å²) in [7, 11) is 0. The van der Waals surface area contributed by atoms with Crippen LogP contribution in [0.4, 0.5) is 8.78 Å². The minimum atomic E-state index is -0.998. The van der Waals surface area contributed by atoms with Crippen molar-refractivity contribution in [2.24, 2.45) is 0 Å². The molecule has 2 aromatic carbocycles. The average molecular weight is 360 g/mol. The molecule has 1 aliphatic heterocycles. The number of nitrogens with zero attached hydrogens (tertiary/aromatic N) is 2. The Morgan fingerprint density at radius 2 is 1.85 bits per heavy atom. The van der Waals surface area contributed by atoms with Crippen LogP contribution in [0.3, 0.4) is 0 Å². The second-order valence-electron chi connectivity index (χ2n) is 6.22. The molecule has 2 aromatic rings. The van der Waals surface area contributed by atoms with Gasteiger partial charge in [0.15, 0.2) is 0 Å². The summed E-state index contributed by atoms with van der Waals surface area (Å²) in [6, 6.07) is 11.9. The van der Waals surface area contributed by atoms with E-state index in [4.69, 9.17) is 0 Å². The maximum absolute atomic E-state index is 13.9. The van der Waals surface area contributed by atoms with E-state index in [0.717, 1.165) is 22.6 Å². The molecule has 5 nitrogen and oxygen atoms in total. The third-order valence-corrected chi connectivity index (χ3v) is 4.21. The number of halogens is 2. The fourth-order valence-electron chi connectivity index (χ4n) is 2.94. The van der Waals surface area contributed by atoms with E-state index < -0.39 is 23.6 Å². The Balaban J connectivity index is 1.77. The molecule has 136 valence electrons. The Bertz CT molecular complexity index is 814. The summed E-state index contributed by atoms with van der Waals surface area (Å²) in [6.45, 7) is -0.000691. The van der Waals surface area contributed by atoms with Crippen molar-refractivity contribution in [2.45, 2.75) is 12.6 Å². The summed E-state index contributed by atoms with van der Waals surface area (Å²) in [5.41, 5.74) is 0.570. The molecular weight excluding hydrogens is 342 g/mol. The highest BCUT2D eigenvalue weighted by Gasteiger charge is 2.31. The first-order valence-electron chi connectivity index (χ1n) is 8.18. The summed E-state index contributed by atoms with van der Waals surface area (Å²) in [4.78, 5) is 27.6. The lowest BCUT2D eigenvalue weighted by molar-refractivity contribution is -0.131. The normalized spacial score (nSPS) is 18.0. The SMILES string of the molecule is O=C1CN(C(=O)c2ccc(F)cc2F)CC(O)CN1Cc1ccccc1. The van der Waals surface area contributed by atoms with Gasteiger partial charge in [0.25, 0.3) is 5.91 Å². The van der Waals surface area contributed by atoms with Crippen LogP contribution in [-0.4, -0.2) is 52.5 Å². The van der Waals surface area contributed by atoms with E-state index in [1.807, 2.05) is 30.3 Å². The molecule has 1 N–H and O–H groups in total. The van der Waals surface area contributed by atoms with Gasteiger partial charge in [0, 0.05) is 25.7 Å². The summed E-state index contributed by atoms with van der Waals surface area (Å²) >= 11 is 0. The Hall–Kier alpha value is -2.80. The van der Waals surface area contributed by atoms with Crippen LogP contribution in [0.25, 0.3) is 0 Å². The molecule has 0 bridgehead atoms. The van der Waals surface area contributed by atoms with Gasteiger partial charge >= 0.3 is 0 Å². The molecular formula is C19H18F2N2O3. The maximum atomic E-state index is 13.9. The Morgan fingerprint density at radius 3 is 2.54 bits per heavy atom. The number of hydrogen-bond donors (Lipinski definition) is 1. The van der Waals surface area contributed by atoms with E-state index in [0.29, 0.717) is 12.6 Å². The molecule has 0 aromatic heterocycles. The minimum absolute atomic E-state index is 0.0728. The van der Waals surface area contributed by atoms with Crippen LogP contribution in [0.15, 0.2) is 48.5 Å². The molecule has 0 aliphatic carbocycles. The average Bonchev–Trinajstić information content (AvgIpc) is 2.74. The van der Waals surface area contributed by atoms with Gasteiger partial charge in [-0.1, -0.05) is 30.3 Å². The van der Waals surface area contributed by atoms with Crippen LogP contribution in [0, 0.1) is 11.6 Å². The number of carbonyl (C=O) groups is 2. The zero-order valence-electron chi connectivity index (χ0n) is 13.9. The van der Waals surface area contributed by atoms with Crippen molar-refractivity contribution in [3.05, 3.63) is 71.3 Å². The summed E-state index contributed by atoms with van der Waals surface area (Å²) < 4.78 is 26.9. The highest BCUT2D eigenvalue weighted by atomic mass is 19.1. The van der Waals surface area contributed by atoms with Crippen molar-refractivity contribution in [3.8, 4) is 0 Å². The number of hydrogen-bond acceptors (Lipinski definition) is 3. The van der Waals surface area contributed by atoms with Gasteiger partial charge in [-0.05, 0) is 17.7 Å². The van der Waals surface area contributed by atoms with Crippen molar-refractivity contribution in [3.63, 3.8) is 0 Å². The van der Waals surface area contributed by atoms with Gasteiger partial charge in [-0.3, -0.25) is 9.59 Å². The van der Waals surface area contributed by atoms with Gasteiger partial charge in [0.05, 0.1) is 11.7 Å². The van der Waals surface area contributed by atoms with Crippen LogP contribution in [0.2, 0.25) is 0 Å². The molecule has 3 rings (SSSR count). The predicted octanol–water partition coefficient (Wildman–Crippen LogP) is 1.81. The molecule has 26 heavy (non-hydrogen) atoms. The van der Waals surface area contributed by atoms with Crippen molar-refractivity contribution in [2.75, 3.05) is 19.6 Å². The molecule has 1 unspecified atom stereocenters. The van der Waals surface area contributed by atoms with E-state index >= 15 is 0 Å². The lowest BCUT2D eigenvalue weighted by Crippen LogP contribution is -2.39. The number of benzene rings is 2. The molecule has 7 heteroatoms. The molecule has 0 spiro atoms. The van der Waals surface area contributed by atoms with Crippen LogP contribution in [0.5, 0.6) is 0 Å². The largest absolute Gasteiger partial charge is 0.389 e. The lowest BCUT2D eigenvalue weighted by atomic mass is 10.1. The van der Waals surface area contributed by atoms with Gasteiger partial charge in [-0.15, -0.1) is 0 Å². The molecule has 1 heterocycles. The van der Waals surface area contributed by atoms with E-state index in [2.05, 4.69) is 0 Å². The Kier molecular flexibility index (Phi) is 5.27. The smallest absolute Gasteiger partial charge is 0.257 e. The highest BCUT2D eigenvalue weighted by molar-refractivity contribution is 5.97. The molecule has 0 radical (unpaired) electrons. The zero-order valence-corrected chi connectivity index (χ0v) is 13.9. The van der Waals surface area contributed by atoms with Gasteiger partial charge in [-0.2, -0.15) is 0 Å². The molecule has 1 fully saturated rings. The third-order valence-electron chi connectivity index (χ3n) is 4.21. The van der Waals surface area contributed by atoms with Gasteiger partial charge in [0.2, 0.25) is 5.91 Å². The lowest BCUT2D eigenvalue weighted by Gasteiger charge is -2.22. The van der Waals surface area contributed by atoms with Crippen LogP contribution in [-0.2, 0) is 11.3 Å². The molecule has 1 saturated heterocycles. The number of carbonyl (C=O) groups excluding carboxylic acids is 2. The topological polar surface area (TPSA) is 60.9 Å². The first-order chi connectivity index (χ1) is 12.4. The molecule has 2 amide bonds. The first-order valence-corrected chi connectivity index (χ1v) is 8.18. The van der Waals surface area contributed by atoms with Crippen molar-refractivity contribution in [1.29, 1.82) is 0 Å². The zero-order chi connectivity index (χ0) is 18.7. The summed E-state index contributed by atoms with van der Waals surface area (Å²) in [6.07, 6.45) is -0.961. The quantitative estimate of drug-likeness (QED) is 0.908. The van der Waals surface area contributed by atoms with E-state index in [1.165, 1.54) is 4.90 Å². The fraction of sp³-hybridized carbons (Fsp3) is 0.263. The minimum Gasteiger partial charge on any atom is -0.389 e. The predicted molar refractivity (Wildman–Crippen MR) is 90.1 cm³/mol. The standard InChI is InChI=1S/C19H18F2N2O3/c20-14-6-7-16(17(21)8-14)19(26)23-11-15(24)10-22(18(25)12-23)9-13-4-2-1-3-5-13/h1-8,15,24H,9-12H2. The maximum Gasteiger partial charge on any atom is 0.257 e. The van der Waals surface area contributed by atoms with E-state index in [-0.39, 0.29) is 31.1 Å². The number of aliphatic hydroxyl groups excluding tert-OH is 1. The van der Waals surface area contributed by atoms with Crippen LogP contribution in [0.1, 0.15) is 15.9 Å². The molecule has 1 atom stereocenters. The van der Waals surface area contributed by atoms with Gasteiger partial charge in [0.1, 0.15) is 18.2 Å². The van der Waals surface area contributed by atoms with Crippen LogP contribution >= 0.6 is 0 Å². The van der Waals surface area contributed by atoms with Crippen molar-refractivity contribution >= 4 is 11.8 Å². The number of rotatable bonds is 3. The first kappa shape index (κ1) is 18.0. The van der Waals surface area contributed by atoms with Crippen molar-refractivity contribution in [1.82, 2.24) is 9.80 Å².